The number of carbonyl (C=O) groups is 2. The molecule has 0 atom stereocenters. The first-order chi connectivity index (χ1) is 7.91. The van der Waals surface area contributed by atoms with Crippen molar-refractivity contribution in [2.45, 2.75) is 4.90 Å². The Kier molecular flexibility index (Phi) is 5.31. The largest absolute Gasteiger partial charge is 0.464 e. The average molecular weight is 311 g/mol. The van der Waals surface area contributed by atoms with Gasteiger partial charge in [-0.2, -0.15) is 4.31 Å². The lowest BCUT2D eigenvalue weighted by molar-refractivity contribution is 0.172. The van der Waals surface area contributed by atoms with Gasteiger partial charge in [0.2, 0.25) is 0 Å². The summed E-state index contributed by atoms with van der Waals surface area (Å²) in [6.45, 7) is 0. The molecule has 5 nitrogen and oxygen atoms in total. The van der Waals surface area contributed by atoms with Crippen molar-refractivity contribution in [3.63, 3.8) is 0 Å². The summed E-state index contributed by atoms with van der Waals surface area (Å²) in [6, 6.07) is 5.49. The maximum absolute atomic E-state index is 11.4. The summed E-state index contributed by atoms with van der Waals surface area (Å²) in [4.78, 5) is 22.9. The Bertz CT molecular complexity index is 427. The first-order valence-electron chi connectivity index (χ1n) is 4.10. The quantitative estimate of drug-likeness (QED) is 0.578. The van der Waals surface area contributed by atoms with Gasteiger partial charge in [-0.15, -0.1) is 0 Å². The van der Waals surface area contributed by atoms with E-state index in [1.54, 1.807) is 24.3 Å². The van der Waals surface area contributed by atoms with Gasteiger partial charge in [-0.3, -0.25) is 0 Å². The van der Waals surface area contributed by atoms with Crippen molar-refractivity contribution in [3.05, 3.63) is 29.3 Å². The van der Waals surface area contributed by atoms with Crippen LogP contribution >= 0.6 is 49.2 Å². The van der Waals surface area contributed by atoms with E-state index < -0.39 is 12.1 Å². The lowest BCUT2D eigenvalue weighted by Gasteiger charge is -2.18. The van der Waals surface area contributed by atoms with Crippen molar-refractivity contribution in [1.82, 2.24) is 8.02 Å². The number of halogens is 1. The first kappa shape index (κ1) is 14.4. The zero-order valence-corrected chi connectivity index (χ0v) is 11.5. The van der Waals surface area contributed by atoms with E-state index >= 15 is 0 Å². The summed E-state index contributed by atoms with van der Waals surface area (Å²) in [5.41, 5.74) is 0. The molecule has 3 amide bonds. The third-order valence-electron chi connectivity index (χ3n) is 1.53. The number of thiol groups is 2. The molecule has 1 aromatic carbocycles. The van der Waals surface area contributed by atoms with E-state index in [0.29, 0.717) is 17.9 Å². The maximum atomic E-state index is 11.4. The standard InChI is InChI=1S/C8H7ClN2O3S3/c9-5-1-3-6(4-2-5)17-10(8(13)14)7(12)11(15)16/h1-4,15-16H,(H,13,14). The van der Waals surface area contributed by atoms with Crippen molar-refractivity contribution < 1.29 is 14.7 Å². The van der Waals surface area contributed by atoms with Crippen molar-refractivity contribution in [2.24, 2.45) is 0 Å². The number of hydrogen-bond acceptors (Lipinski definition) is 5. The van der Waals surface area contributed by atoms with Gasteiger partial charge in [-0.05, 0) is 24.3 Å². The predicted molar refractivity (Wildman–Crippen MR) is 72.4 cm³/mol. The molecule has 0 spiro atoms. The van der Waals surface area contributed by atoms with Crippen molar-refractivity contribution in [3.8, 4) is 0 Å². The van der Waals surface area contributed by atoms with E-state index in [0.717, 1.165) is 11.9 Å². The highest BCUT2D eigenvalue weighted by Gasteiger charge is 2.25. The molecule has 0 bridgehead atoms. The summed E-state index contributed by atoms with van der Waals surface area (Å²) in [5, 5.41) is 9.39. The van der Waals surface area contributed by atoms with Crippen LogP contribution in [0, 0.1) is 0 Å². The van der Waals surface area contributed by atoms with Gasteiger partial charge in [0.15, 0.2) is 0 Å². The molecular formula is C8H7ClN2O3S3. The predicted octanol–water partition coefficient (Wildman–Crippen LogP) is 3.44. The van der Waals surface area contributed by atoms with Crippen LogP contribution in [0.2, 0.25) is 5.02 Å². The Hall–Kier alpha value is -0.700. The van der Waals surface area contributed by atoms with Crippen LogP contribution in [-0.2, 0) is 0 Å². The Morgan fingerprint density at radius 1 is 1.24 bits per heavy atom. The van der Waals surface area contributed by atoms with Gasteiger partial charge in [-0.25, -0.2) is 13.3 Å². The van der Waals surface area contributed by atoms with Gasteiger partial charge in [0.1, 0.15) is 0 Å². The Balaban J connectivity index is 2.84. The zero-order chi connectivity index (χ0) is 13.0. The lowest BCUT2D eigenvalue weighted by Crippen LogP contribution is -2.33. The molecule has 92 valence electrons. The average Bonchev–Trinajstić information content (AvgIpc) is 2.26. The van der Waals surface area contributed by atoms with Crippen LogP contribution in [0.4, 0.5) is 9.59 Å². The normalized spacial score (nSPS) is 9.82. The second-order valence-electron chi connectivity index (χ2n) is 2.69. The maximum Gasteiger partial charge on any atom is 0.426 e. The van der Waals surface area contributed by atoms with Crippen LogP contribution in [-0.4, -0.2) is 25.2 Å². The number of carboxylic acid groups (broad SMARTS) is 1. The molecule has 9 heteroatoms. The third kappa shape index (κ3) is 4.23. The number of rotatable bonds is 2. The van der Waals surface area contributed by atoms with E-state index in [-0.39, 0.29) is 0 Å². The SMILES string of the molecule is O=C(O)N(Sc1ccc(Cl)cc1)C(=O)N(S)S. The number of amides is 3. The fraction of sp³-hybridized carbons (Fsp3) is 0. The Morgan fingerprint density at radius 2 is 1.76 bits per heavy atom. The molecule has 0 aliphatic rings. The highest BCUT2D eigenvalue weighted by molar-refractivity contribution is 7.98. The molecule has 0 radical (unpaired) electrons. The lowest BCUT2D eigenvalue weighted by atomic mass is 10.4. The summed E-state index contributed by atoms with van der Waals surface area (Å²) >= 11 is 13.6. The highest BCUT2D eigenvalue weighted by atomic mass is 35.5. The van der Waals surface area contributed by atoms with Gasteiger partial charge in [0, 0.05) is 21.9 Å². The minimum atomic E-state index is -1.41. The minimum Gasteiger partial charge on any atom is -0.464 e. The van der Waals surface area contributed by atoms with Crippen LogP contribution in [0.1, 0.15) is 0 Å². The van der Waals surface area contributed by atoms with E-state index in [4.69, 9.17) is 16.7 Å². The molecule has 0 saturated heterocycles. The number of urea groups is 1. The van der Waals surface area contributed by atoms with E-state index in [9.17, 15) is 9.59 Å². The third-order valence-corrected chi connectivity index (χ3v) is 3.10. The van der Waals surface area contributed by atoms with Crippen molar-refractivity contribution in [1.29, 1.82) is 0 Å². The van der Waals surface area contributed by atoms with E-state index in [2.05, 4.69) is 25.6 Å². The molecule has 1 N–H and O–H groups in total. The summed E-state index contributed by atoms with van der Waals surface area (Å²) in [5.74, 6) is 0. The Labute approximate surface area is 118 Å². The van der Waals surface area contributed by atoms with Gasteiger partial charge in [0.05, 0.1) is 0 Å². The summed E-state index contributed by atoms with van der Waals surface area (Å²) in [6.07, 6.45) is -1.41. The molecule has 0 aliphatic heterocycles. The van der Waals surface area contributed by atoms with Gasteiger partial charge >= 0.3 is 12.1 Å². The molecule has 1 aromatic rings. The van der Waals surface area contributed by atoms with Crippen LogP contribution in [0.15, 0.2) is 29.2 Å². The molecule has 0 fully saturated rings. The highest BCUT2D eigenvalue weighted by Crippen LogP contribution is 2.26. The smallest absolute Gasteiger partial charge is 0.426 e. The fourth-order valence-corrected chi connectivity index (χ4v) is 1.97. The molecule has 0 aromatic heterocycles. The first-order valence-corrected chi connectivity index (χ1v) is 6.05. The minimum absolute atomic E-state index is 0.503. The zero-order valence-electron chi connectivity index (χ0n) is 8.15. The number of hydrogen-bond donors (Lipinski definition) is 3. The summed E-state index contributed by atoms with van der Waals surface area (Å²) < 4.78 is 1.08. The van der Waals surface area contributed by atoms with Gasteiger partial charge < -0.3 is 5.11 Å². The van der Waals surface area contributed by atoms with Crippen LogP contribution in [0.25, 0.3) is 0 Å². The topological polar surface area (TPSA) is 60.9 Å². The van der Waals surface area contributed by atoms with Gasteiger partial charge in [0.25, 0.3) is 0 Å². The number of carbonyl (C=O) groups excluding carboxylic acids is 1. The molecule has 1 rings (SSSR count). The molecular weight excluding hydrogens is 304 g/mol. The summed E-state index contributed by atoms with van der Waals surface area (Å²) in [7, 11) is 0. The number of benzene rings is 1. The van der Waals surface area contributed by atoms with Crippen LogP contribution in [0.3, 0.4) is 0 Å². The molecule has 0 unspecified atom stereocenters. The fourth-order valence-electron chi connectivity index (χ4n) is 0.842. The van der Waals surface area contributed by atoms with Gasteiger partial charge in [-0.1, -0.05) is 37.2 Å². The number of nitrogens with zero attached hydrogens (tertiary/aromatic N) is 2. The number of imide groups is 1. The molecule has 17 heavy (non-hydrogen) atoms. The molecule has 0 aliphatic carbocycles. The van der Waals surface area contributed by atoms with Crippen molar-refractivity contribution >= 4 is 61.3 Å². The van der Waals surface area contributed by atoms with Crippen molar-refractivity contribution in [2.75, 3.05) is 0 Å². The Morgan fingerprint density at radius 3 is 2.18 bits per heavy atom. The second-order valence-corrected chi connectivity index (χ2v) is 5.27. The van der Waals surface area contributed by atoms with Crippen LogP contribution in [0.5, 0.6) is 0 Å². The second kappa shape index (κ2) is 6.29. The van der Waals surface area contributed by atoms with E-state index in [1.807, 2.05) is 0 Å². The van der Waals surface area contributed by atoms with E-state index in [1.165, 1.54) is 0 Å². The monoisotopic (exact) mass is 310 g/mol. The van der Waals surface area contributed by atoms with Crippen LogP contribution < -0.4 is 0 Å². The molecule has 0 heterocycles. The molecule has 0 saturated carbocycles.